The summed E-state index contributed by atoms with van der Waals surface area (Å²) in [4.78, 5) is 25.5. The lowest BCUT2D eigenvalue weighted by atomic mass is 9.93. The molecule has 1 N–H and O–H groups in total. The molecule has 2 atom stereocenters. The average molecular weight is 354 g/mol. The van der Waals surface area contributed by atoms with Crippen LogP contribution in [0, 0.1) is 5.92 Å². The van der Waals surface area contributed by atoms with Crippen molar-refractivity contribution in [3.63, 3.8) is 0 Å². The van der Waals surface area contributed by atoms with E-state index in [9.17, 15) is 14.7 Å². The molecule has 0 radical (unpaired) electrons. The van der Waals surface area contributed by atoms with E-state index >= 15 is 0 Å². The topological polar surface area (TPSA) is 76.1 Å². The summed E-state index contributed by atoms with van der Waals surface area (Å²) in [6.07, 6.45) is 1.47. The first kappa shape index (κ1) is 16.9. The fraction of sp³-hybridized carbons (Fsp3) is 0.529. The predicted molar refractivity (Wildman–Crippen MR) is 87.7 cm³/mol. The number of carbonyl (C=O) groups is 2. The van der Waals surface area contributed by atoms with Crippen molar-refractivity contribution in [1.82, 2.24) is 4.90 Å². The first-order chi connectivity index (χ1) is 11.5. The van der Waals surface area contributed by atoms with E-state index in [-0.39, 0.29) is 24.9 Å². The van der Waals surface area contributed by atoms with E-state index in [1.807, 2.05) is 6.92 Å². The van der Waals surface area contributed by atoms with Crippen LogP contribution in [0.3, 0.4) is 0 Å². The van der Waals surface area contributed by atoms with Crippen molar-refractivity contribution in [2.75, 3.05) is 19.8 Å². The zero-order valence-electron chi connectivity index (χ0n) is 13.5. The molecule has 0 bridgehead atoms. The Morgan fingerprint density at radius 2 is 2.04 bits per heavy atom. The number of amides is 1. The highest BCUT2D eigenvalue weighted by Crippen LogP contribution is 2.38. The van der Waals surface area contributed by atoms with Gasteiger partial charge in [-0.05, 0) is 37.5 Å². The minimum Gasteiger partial charge on any atom is -0.486 e. The molecule has 6 nitrogen and oxygen atoms in total. The zero-order chi connectivity index (χ0) is 17.3. The lowest BCUT2D eigenvalue weighted by Gasteiger charge is -2.36. The Morgan fingerprint density at radius 1 is 1.29 bits per heavy atom. The smallest absolute Gasteiger partial charge is 0.308 e. The predicted octanol–water partition coefficient (Wildman–Crippen LogP) is 2.37. The van der Waals surface area contributed by atoms with Crippen LogP contribution in [0.4, 0.5) is 0 Å². The molecule has 1 fully saturated rings. The summed E-state index contributed by atoms with van der Waals surface area (Å²) in [5.74, 6) is -0.375. The highest BCUT2D eigenvalue weighted by atomic mass is 35.5. The number of likely N-dealkylation sites (tertiary alicyclic amines) is 1. The maximum atomic E-state index is 12.6. The molecule has 0 saturated carbocycles. The van der Waals surface area contributed by atoms with Gasteiger partial charge >= 0.3 is 5.97 Å². The van der Waals surface area contributed by atoms with E-state index in [0.717, 1.165) is 5.56 Å². The summed E-state index contributed by atoms with van der Waals surface area (Å²) < 4.78 is 11.0. The molecule has 1 aromatic carbocycles. The van der Waals surface area contributed by atoms with E-state index in [1.54, 1.807) is 17.0 Å². The summed E-state index contributed by atoms with van der Waals surface area (Å²) in [6, 6.07) is 3.51. The van der Waals surface area contributed by atoms with E-state index in [2.05, 4.69) is 0 Å². The normalized spacial score (nSPS) is 23.0. The highest BCUT2D eigenvalue weighted by Gasteiger charge is 2.32. The van der Waals surface area contributed by atoms with Crippen LogP contribution < -0.4 is 9.47 Å². The first-order valence-corrected chi connectivity index (χ1v) is 8.44. The number of halogens is 1. The molecule has 3 rings (SSSR count). The Kier molecular flexibility index (Phi) is 4.85. The van der Waals surface area contributed by atoms with Crippen LogP contribution in [0.2, 0.25) is 5.02 Å². The van der Waals surface area contributed by atoms with Gasteiger partial charge in [0.05, 0.1) is 17.4 Å². The van der Waals surface area contributed by atoms with E-state index in [0.29, 0.717) is 42.6 Å². The van der Waals surface area contributed by atoms with Crippen LogP contribution in [0.15, 0.2) is 12.1 Å². The molecule has 1 saturated heterocycles. The third kappa shape index (κ3) is 3.43. The lowest BCUT2D eigenvalue weighted by molar-refractivity contribution is -0.146. The maximum Gasteiger partial charge on any atom is 0.308 e. The summed E-state index contributed by atoms with van der Waals surface area (Å²) >= 11 is 6.20. The van der Waals surface area contributed by atoms with Gasteiger partial charge in [-0.2, -0.15) is 0 Å². The zero-order valence-corrected chi connectivity index (χ0v) is 14.2. The minimum atomic E-state index is -0.845. The van der Waals surface area contributed by atoms with Crippen molar-refractivity contribution in [2.24, 2.45) is 5.92 Å². The molecule has 2 heterocycles. The van der Waals surface area contributed by atoms with Crippen LogP contribution in [0.25, 0.3) is 0 Å². The van der Waals surface area contributed by atoms with Crippen LogP contribution in [-0.4, -0.2) is 47.7 Å². The molecule has 1 aromatic rings. The summed E-state index contributed by atoms with van der Waals surface area (Å²) in [5.41, 5.74) is 0.735. The van der Waals surface area contributed by atoms with E-state index in [1.165, 1.54) is 0 Å². The number of piperidine rings is 1. The van der Waals surface area contributed by atoms with Crippen molar-refractivity contribution in [3.8, 4) is 11.5 Å². The second kappa shape index (κ2) is 6.89. The Morgan fingerprint density at radius 3 is 2.79 bits per heavy atom. The summed E-state index contributed by atoms with van der Waals surface area (Å²) in [6.45, 7) is 3.11. The van der Waals surface area contributed by atoms with Gasteiger partial charge in [-0.1, -0.05) is 11.6 Å². The molecule has 24 heavy (non-hydrogen) atoms. The number of benzene rings is 1. The van der Waals surface area contributed by atoms with Crippen molar-refractivity contribution >= 4 is 23.5 Å². The quantitative estimate of drug-likeness (QED) is 0.902. The first-order valence-electron chi connectivity index (χ1n) is 8.06. The monoisotopic (exact) mass is 353 g/mol. The number of aliphatic carboxylic acids is 1. The van der Waals surface area contributed by atoms with E-state index in [4.69, 9.17) is 21.1 Å². The van der Waals surface area contributed by atoms with Gasteiger partial charge in [-0.15, -0.1) is 0 Å². The third-order valence-corrected chi connectivity index (χ3v) is 4.84. The van der Waals surface area contributed by atoms with Gasteiger partial charge in [0.25, 0.3) is 0 Å². The van der Waals surface area contributed by atoms with Gasteiger partial charge < -0.3 is 19.5 Å². The number of hydrogen-bond acceptors (Lipinski definition) is 4. The number of carboxylic acids is 1. The van der Waals surface area contributed by atoms with Crippen LogP contribution in [0.1, 0.15) is 25.3 Å². The standard InChI is InChI=1S/C17H20ClNO5/c1-10-2-3-12(17(21)22)9-19(10)15(20)8-11-6-13(18)16-14(7-11)23-4-5-24-16/h6-7,10,12H,2-5,8-9H2,1H3,(H,21,22). The molecule has 2 aliphatic heterocycles. The number of carbonyl (C=O) groups excluding carboxylic acids is 1. The van der Waals surface area contributed by atoms with Crippen LogP contribution >= 0.6 is 11.6 Å². The summed E-state index contributed by atoms with van der Waals surface area (Å²) in [5, 5.41) is 9.62. The number of carboxylic acid groups (broad SMARTS) is 1. The molecule has 7 heteroatoms. The fourth-order valence-electron chi connectivity index (χ4n) is 3.20. The fourth-order valence-corrected chi connectivity index (χ4v) is 3.49. The molecule has 2 unspecified atom stereocenters. The molecule has 0 aliphatic carbocycles. The highest BCUT2D eigenvalue weighted by molar-refractivity contribution is 6.32. The minimum absolute atomic E-state index is 0.0424. The Labute approximate surface area is 145 Å². The largest absolute Gasteiger partial charge is 0.486 e. The molecule has 0 aromatic heterocycles. The second-order valence-corrected chi connectivity index (χ2v) is 6.69. The average Bonchev–Trinajstić information content (AvgIpc) is 2.55. The third-order valence-electron chi connectivity index (χ3n) is 4.56. The molecular weight excluding hydrogens is 334 g/mol. The van der Waals surface area contributed by atoms with Gasteiger partial charge in [0, 0.05) is 12.6 Å². The Hall–Kier alpha value is -1.95. The lowest BCUT2D eigenvalue weighted by Crippen LogP contribution is -2.47. The van der Waals surface area contributed by atoms with Crippen molar-refractivity contribution < 1.29 is 24.2 Å². The van der Waals surface area contributed by atoms with Gasteiger partial charge in [-0.3, -0.25) is 9.59 Å². The van der Waals surface area contributed by atoms with Crippen LogP contribution in [-0.2, 0) is 16.0 Å². The number of rotatable bonds is 3. The number of ether oxygens (including phenoxy) is 2. The van der Waals surface area contributed by atoms with Crippen LogP contribution in [0.5, 0.6) is 11.5 Å². The molecule has 0 spiro atoms. The molecular formula is C17H20ClNO5. The summed E-state index contributed by atoms with van der Waals surface area (Å²) in [7, 11) is 0. The van der Waals surface area contributed by atoms with Crippen molar-refractivity contribution in [2.45, 2.75) is 32.2 Å². The van der Waals surface area contributed by atoms with Gasteiger partial charge in [0.2, 0.25) is 5.91 Å². The van der Waals surface area contributed by atoms with Crippen molar-refractivity contribution in [1.29, 1.82) is 0 Å². The molecule has 2 aliphatic rings. The SMILES string of the molecule is CC1CCC(C(=O)O)CN1C(=O)Cc1cc(Cl)c2c(c1)OCCO2. The van der Waals surface area contributed by atoms with E-state index < -0.39 is 11.9 Å². The van der Waals surface area contributed by atoms with Gasteiger partial charge in [-0.25, -0.2) is 0 Å². The number of hydrogen-bond donors (Lipinski definition) is 1. The van der Waals surface area contributed by atoms with Gasteiger partial charge in [0.1, 0.15) is 13.2 Å². The van der Waals surface area contributed by atoms with Crippen molar-refractivity contribution in [3.05, 3.63) is 22.7 Å². The number of nitrogens with zero attached hydrogens (tertiary/aromatic N) is 1. The molecule has 1 amide bonds. The number of fused-ring (bicyclic) bond motifs is 1. The Balaban J connectivity index is 1.74. The second-order valence-electron chi connectivity index (χ2n) is 6.29. The molecule has 130 valence electrons. The van der Waals surface area contributed by atoms with Gasteiger partial charge in [0.15, 0.2) is 11.5 Å². The maximum absolute atomic E-state index is 12.6. The Bertz CT molecular complexity index is 663.